The van der Waals surface area contributed by atoms with Crippen molar-refractivity contribution in [1.29, 1.82) is 0 Å². The molecule has 1 amide bonds. The Morgan fingerprint density at radius 1 is 1.03 bits per heavy atom. The average Bonchev–Trinajstić information content (AvgIpc) is 2.74. The molecule has 14 heteroatoms. The molecule has 0 saturated carbocycles. The maximum Gasteiger partial charge on any atom is 0.421 e. The molecule has 0 aromatic carbocycles. The zero-order chi connectivity index (χ0) is 24.2. The molecule has 8 nitrogen and oxygen atoms in total. The number of anilines is 1. The first-order valence-corrected chi connectivity index (χ1v) is 9.85. The maximum atomic E-state index is 12.8. The Labute approximate surface area is 183 Å². The molecule has 0 spiro atoms. The topological polar surface area (TPSA) is 94.2 Å². The maximum absolute atomic E-state index is 12.8. The molecule has 3 rings (SSSR count). The lowest BCUT2D eigenvalue weighted by atomic mass is 10.1. The summed E-state index contributed by atoms with van der Waals surface area (Å²) in [6.45, 7) is 2.83. The first-order chi connectivity index (χ1) is 15.4. The first kappa shape index (κ1) is 24.5. The van der Waals surface area contributed by atoms with Gasteiger partial charge in [-0.3, -0.25) is 14.5 Å². The first-order valence-electron chi connectivity index (χ1n) is 9.85. The highest BCUT2D eigenvalue weighted by Crippen LogP contribution is 2.28. The number of alkyl halides is 6. The van der Waals surface area contributed by atoms with E-state index in [1.165, 1.54) is 0 Å². The van der Waals surface area contributed by atoms with Crippen molar-refractivity contribution in [2.45, 2.75) is 18.8 Å². The minimum Gasteiger partial charge on any atom is -0.355 e. The molecule has 0 radical (unpaired) electrons. The highest BCUT2D eigenvalue weighted by Gasteiger charge is 2.34. The molecule has 0 unspecified atom stereocenters. The summed E-state index contributed by atoms with van der Waals surface area (Å²) in [5.41, 5.74) is -3.52. The van der Waals surface area contributed by atoms with Crippen molar-refractivity contribution in [3.05, 3.63) is 51.7 Å². The molecule has 3 heterocycles. The van der Waals surface area contributed by atoms with E-state index in [2.05, 4.69) is 15.3 Å². The van der Waals surface area contributed by atoms with Gasteiger partial charge in [0.1, 0.15) is 5.56 Å². The van der Waals surface area contributed by atoms with Gasteiger partial charge in [0.25, 0.3) is 5.56 Å². The van der Waals surface area contributed by atoms with Gasteiger partial charge in [-0.15, -0.1) is 0 Å². The van der Waals surface area contributed by atoms with E-state index in [1.807, 2.05) is 9.88 Å². The molecular formula is C19H20F6N6O2. The summed E-state index contributed by atoms with van der Waals surface area (Å²) in [7, 11) is 0. The zero-order valence-corrected chi connectivity index (χ0v) is 17.1. The molecule has 0 bridgehead atoms. The van der Waals surface area contributed by atoms with Crippen molar-refractivity contribution in [2.75, 3.05) is 44.2 Å². The summed E-state index contributed by atoms with van der Waals surface area (Å²) in [4.78, 5) is 36.6. The van der Waals surface area contributed by atoms with E-state index in [0.29, 0.717) is 38.8 Å². The third-order valence-electron chi connectivity index (χ3n) is 5.00. The number of hydrogen-bond donors (Lipinski definition) is 2. The highest BCUT2D eigenvalue weighted by atomic mass is 19.4. The number of carbonyl (C=O) groups excluding carboxylic acids is 1. The number of amides is 1. The second kappa shape index (κ2) is 9.77. The summed E-state index contributed by atoms with van der Waals surface area (Å²) in [6, 6.07) is 0.654. The van der Waals surface area contributed by atoms with Crippen molar-refractivity contribution in [3.8, 4) is 0 Å². The Morgan fingerprint density at radius 3 is 2.24 bits per heavy atom. The van der Waals surface area contributed by atoms with Gasteiger partial charge in [-0.1, -0.05) is 0 Å². The zero-order valence-electron chi connectivity index (χ0n) is 17.1. The summed E-state index contributed by atoms with van der Waals surface area (Å²) < 4.78 is 76.2. The molecule has 2 aromatic rings. The van der Waals surface area contributed by atoms with E-state index in [1.54, 1.807) is 4.90 Å². The molecule has 1 fully saturated rings. The smallest absolute Gasteiger partial charge is 0.355 e. The normalized spacial score (nSPS) is 15.5. The van der Waals surface area contributed by atoms with Crippen LogP contribution in [0.2, 0.25) is 0 Å². The van der Waals surface area contributed by atoms with E-state index >= 15 is 0 Å². The number of nitrogens with one attached hydrogen (secondary N) is 2. The van der Waals surface area contributed by atoms with Crippen LogP contribution >= 0.6 is 0 Å². The van der Waals surface area contributed by atoms with Crippen LogP contribution in [0.3, 0.4) is 0 Å². The van der Waals surface area contributed by atoms with Crippen LogP contribution in [0.5, 0.6) is 0 Å². The number of piperazine rings is 1. The second-order valence-corrected chi connectivity index (χ2v) is 7.37. The molecule has 2 aromatic heterocycles. The van der Waals surface area contributed by atoms with Crippen molar-refractivity contribution in [1.82, 2.24) is 25.2 Å². The minimum atomic E-state index is -4.81. The number of halogens is 6. The van der Waals surface area contributed by atoms with Crippen LogP contribution in [-0.2, 0) is 23.6 Å². The van der Waals surface area contributed by atoms with Crippen LogP contribution in [0.4, 0.5) is 32.3 Å². The number of nitrogens with zero attached hydrogens (tertiary/aromatic N) is 4. The predicted molar refractivity (Wildman–Crippen MR) is 104 cm³/mol. The number of aromatic amines is 1. The highest BCUT2D eigenvalue weighted by molar-refractivity contribution is 5.78. The molecule has 2 N–H and O–H groups in total. The van der Waals surface area contributed by atoms with Crippen molar-refractivity contribution < 1.29 is 31.1 Å². The second-order valence-electron chi connectivity index (χ2n) is 7.37. The van der Waals surface area contributed by atoms with E-state index < -0.39 is 34.9 Å². The third-order valence-corrected chi connectivity index (χ3v) is 5.00. The van der Waals surface area contributed by atoms with Crippen LogP contribution in [0.1, 0.15) is 16.7 Å². The van der Waals surface area contributed by atoms with Gasteiger partial charge < -0.3 is 15.2 Å². The van der Waals surface area contributed by atoms with Gasteiger partial charge in [-0.2, -0.15) is 26.3 Å². The van der Waals surface area contributed by atoms with Gasteiger partial charge in [-0.05, 0) is 11.6 Å². The SMILES string of the molecule is O=C(Cc1c[nH]c(=O)c(C(F)(F)F)c1)NCCN1CCN(c2ncc(C(F)(F)F)cn2)CC1. The number of H-pyrrole nitrogens is 1. The Balaban J connectivity index is 1.42. The fourth-order valence-electron chi connectivity index (χ4n) is 3.24. The number of aromatic nitrogens is 3. The quantitative estimate of drug-likeness (QED) is 0.614. The van der Waals surface area contributed by atoms with E-state index in [-0.39, 0.29) is 24.5 Å². The van der Waals surface area contributed by atoms with E-state index in [9.17, 15) is 35.9 Å². The van der Waals surface area contributed by atoms with Gasteiger partial charge in [0.15, 0.2) is 0 Å². The Morgan fingerprint density at radius 2 is 1.67 bits per heavy atom. The van der Waals surface area contributed by atoms with E-state index in [4.69, 9.17) is 0 Å². The lowest BCUT2D eigenvalue weighted by molar-refractivity contribution is -0.139. The standard InChI is InChI=1S/C19H20F6N6O2/c20-18(21,22)13-10-28-17(29-11-13)31-5-3-30(4-6-31)2-1-26-15(32)8-12-7-14(19(23,24)25)16(33)27-9-12/h7,9-11H,1-6,8H2,(H,26,32)(H,27,33). The fourth-order valence-corrected chi connectivity index (χ4v) is 3.24. The minimum absolute atomic E-state index is 0.0320. The Bertz CT molecular complexity index is 1010. The van der Waals surface area contributed by atoms with Gasteiger partial charge in [0, 0.05) is 57.9 Å². The molecule has 180 valence electrons. The van der Waals surface area contributed by atoms with Gasteiger partial charge >= 0.3 is 12.4 Å². The van der Waals surface area contributed by atoms with Gasteiger partial charge in [0.2, 0.25) is 11.9 Å². The molecular weight excluding hydrogens is 458 g/mol. The largest absolute Gasteiger partial charge is 0.421 e. The Hall–Kier alpha value is -3.16. The van der Waals surface area contributed by atoms with Crippen molar-refractivity contribution in [3.63, 3.8) is 0 Å². The number of pyridine rings is 1. The van der Waals surface area contributed by atoms with Crippen molar-refractivity contribution in [2.24, 2.45) is 0 Å². The molecule has 0 atom stereocenters. The summed E-state index contributed by atoms with van der Waals surface area (Å²) in [5, 5.41) is 2.62. The molecule has 1 aliphatic rings. The predicted octanol–water partition coefficient (Wildman–Crippen LogP) is 1.68. The lowest BCUT2D eigenvalue weighted by Crippen LogP contribution is -2.49. The van der Waals surface area contributed by atoms with Crippen LogP contribution in [0.25, 0.3) is 0 Å². The van der Waals surface area contributed by atoms with Gasteiger partial charge in [-0.25, -0.2) is 9.97 Å². The van der Waals surface area contributed by atoms with Crippen molar-refractivity contribution >= 4 is 11.9 Å². The number of rotatable bonds is 6. The average molecular weight is 478 g/mol. The molecule has 33 heavy (non-hydrogen) atoms. The number of carbonyl (C=O) groups is 1. The number of hydrogen-bond acceptors (Lipinski definition) is 6. The lowest BCUT2D eigenvalue weighted by Gasteiger charge is -2.34. The third kappa shape index (κ3) is 6.66. The Kier molecular flexibility index (Phi) is 7.25. The van der Waals surface area contributed by atoms with Crippen LogP contribution in [0, 0.1) is 0 Å². The monoisotopic (exact) mass is 478 g/mol. The van der Waals surface area contributed by atoms with Crippen LogP contribution in [-0.4, -0.2) is 65.0 Å². The van der Waals surface area contributed by atoms with E-state index in [0.717, 1.165) is 18.6 Å². The fraction of sp³-hybridized carbons (Fsp3) is 0.474. The molecule has 1 saturated heterocycles. The summed E-state index contributed by atoms with van der Waals surface area (Å²) in [6.07, 6.45) is -7.08. The molecule has 0 aliphatic carbocycles. The summed E-state index contributed by atoms with van der Waals surface area (Å²) in [5.74, 6) is -0.290. The summed E-state index contributed by atoms with van der Waals surface area (Å²) >= 11 is 0. The van der Waals surface area contributed by atoms with Crippen LogP contribution < -0.4 is 15.8 Å². The van der Waals surface area contributed by atoms with Crippen LogP contribution in [0.15, 0.2) is 29.5 Å². The molecule has 1 aliphatic heterocycles. The van der Waals surface area contributed by atoms with Gasteiger partial charge in [0.05, 0.1) is 12.0 Å².